The SMILES string of the molecule is CC1CCC(N(C)C(=O)c2cc(-c3cccnc3)nc3c2cnn3Cc2cccnc2)C1. The first-order valence-electron chi connectivity index (χ1n) is 11.0. The number of fused-ring (bicyclic) bond motifs is 1. The molecule has 5 rings (SSSR count). The van der Waals surface area contributed by atoms with E-state index in [-0.39, 0.29) is 11.9 Å². The van der Waals surface area contributed by atoms with E-state index < -0.39 is 0 Å². The fourth-order valence-electron chi connectivity index (χ4n) is 4.55. The van der Waals surface area contributed by atoms with Crippen LogP contribution in [0.5, 0.6) is 0 Å². The Labute approximate surface area is 187 Å². The molecule has 4 heterocycles. The lowest BCUT2D eigenvalue weighted by Crippen LogP contribution is -2.35. The molecule has 0 spiro atoms. The van der Waals surface area contributed by atoms with Crippen molar-refractivity contribution in [2.75, 3.05) is 7.05 Å². The molecule has 0 aliphatic heterocycles. The standard InChI is InChI=1S/C25H26N6O/c1-17-7-8-20(11-17)30(2)25(32)21-12-23(19-6-4-10-27-14-19)29-24-22(21)15-28-31(24)16-18-5-3-9-26-13-18/h3-6,9-10,12-15,17,20H,7-8,11,16H2,1-2H3. The van der Waals surface area contributed by atoms with Gasteiger partial charge in [-0.2, -0.15) is 5.10 Å². The number of hydrogen-bond acceptors (Lipinski definition) is 5. The lowest BCUT2D eigenvalue weighted by atomic mass is 10.1. The normalized spacial score (nSPS) is 18.2. The Balaban J connectivity index is 1.60. The van der Waals surface area contributed by atoms with Crippen LogP contribution >= 0.6 is 0 Å². The largest absolute Gasteiger partial charge is 0.339 e. The van der Waals surface area contributed by atoms with Gasteiger partial charge < -0.3 is 4.90 Å². The van der Waals surface area contributed by atoms with E-state index in [0.717, 1.165) is 41.5 Å². The summed E-state index contributed by atoms with van der Waals surface area (Å²) in [5.41, 5.74) is 3.93. The predicted molar refractivity (Wildman–Crippen MR) is 123 cm³/mol. The number of aromatic nitrogens is 5. The molecule has 1 aliphatic carbocycles. The van der Waals surface area contributed by atoms with Crippen LogP contribution in [0.15, 0.2) is 61.3 Å². The Morgan fingerprint density at radius 1 is 1.12 bits per heavy atom. The molecule has 0 N–H and O–H groups in total. The van der Waals surface area contributed by atoms with E-state index >= 15 is 0 Å². The van der Waals surface area contributed by atoms with Gasteiger partial charge in [-0.25, -0.2) is 9.67 Å². The molecule has 0 saturated heterocycles. The van der Waals surface area contributed by atoms with Crippen molar-refractivity contribution < 1.29 is 4.79 Å². The van der Waals surface area contributed by atoms with Crippen LogP contribution in [0.25, 0.3) is 22.3 Å². The van der Waals surface area contributed by atoms with Gasteiger partial charge in [-0.3, -0.25) is 14.8 Å². The second kappa shape index (κ2) is 8.49. The van der Waals surface area contributed by atoms with E-state index in [1.807, 2.05) is 53.2 Å². The maximum atomic E-state index is 13.6. The van der Waals surface area contributed by atoms with Gasteiger partial charge in [-0.1, -0.05) is 13.0 Å². The third-order valence-electron chi connectivity index (χ3n) is 6.39. The quantitative estimate of drug-likeness (QED) is 0.478. The minimum absolute atomic E-state index is 0.0163. The molecular weight excluding hydrogens is 400 g/mol. The zero-order valence-corrected chi connectivity index (χ0v) is 18.3. The van der Waals surface area contributed by atoms with Crippen molar-refractivity contribution in [3.8, 4) is 11.3 Å². The zero-order chi connectivity index (χ0) is 22.1. The van der Waals surface area contributed by atoms with E-state index in [4.69, 9.17) is 4.98 Å². The summed E-state index contributed by atoms with van der Waals surface area (Å²) in [6.45, 7) is 2.79. The van der Waals surface area contributed by atoms with Gasteiger partial charge >= 0.3 is 0 Å². The molecule has 0 radical (unpaired) electrons. The Bertz CT molecular complexity index is 1240. The number of hydrogen-bond donors (Lipinski definition) is 0. The first-order valence-corrected chi connectivity index (χ1v) is 11.0. The molecule has 1 aliphatic rings. The topological polar surface area (TPSA) is 76.8 Å². The first-order chi connectivity index (χ1) is 15.6. The maximum absolute atomic E-state index is 13.6. The van der Waals surface area contributed by atoms with Gasteiger partial charge in [0.1, 0.15) is 0 Å². The smallest absolute Gasteiger partial charge is 0.254 e. The van der Waals surface area contributed by atoms with Crippen molar-refractivity contribution >= 4 is 16.9 Å². The summed E-state index contributed by atoms with van der Waals surface area (Å²) < 4.78 is 1.83. The van der Waals surface area contributed by atoms with Gasteiger partial charge in [0, 0.05) is 43.4 Å². The molecule has 1 saturated carbocycles. The molecule has 7 heteroatoms. The van der Waals surface area contributed by atoms with E-state index in [2.05, 4.69) is 22.0 Å². The van der Waals surface area contributed by atoms with Crippen LogP contribution < -0.4 is 0 Å². The molecule has 2 atom stereocenters. The molecule has 1 fully saturated rings. The summed E-state index contributed by atoms with van der Waals surface area (Å²) in [7, 11) is 1.92. The molecule has 1 amide bonds. The van der Waals surface area contributed by atoms with Gasteiger partial charge in [0.05, 0.1) is 29.4 Å². The van der Waals surface area contributed by atoms with Crippen molar-refractivity contribution in [2.24, 2.45) is 5.92 Å². The number of amides is 1. The minimum atomic E-state index is 0.0163. The maximum Gasteiger partial charge on any atom is 0.254 e. The number of carbonyl (C=O) groups is 1. The Kier molecular flexibility index (Phi) is 5.39. The van der Waals surface area contributed by atoms with Crippen molar-refractivity contribution in [1.29, 1.82) is 0 Å². The van der Waals surface area contributed by atoms with Crippen LogP contribution in [0.2, 0.25) is 0 Å². The summed E-state index contributed by atoms with van der Waals surface area (Å²) >= 11 is 0. The molecule has 162 valence electrons. The minimum Gasteiger partial charge on any atom is -0.339 e. The molecule has 0 aromatic carbocycles. The summed E-state index contributed by atoms with van der Waals surface area (Å²) in [5, 5.41) is 5.35. The highest BCUT2D eigenvalue weighted by atomic mass is 16.2. The highest BCUT2D eigenvalue weighted by Gasteiger charge is 2.29. The monoisotopic (exact) mass is 426 g/mol. The van der Waals surface area contributed by atoms with Gasteiger partial charge in [-0.15, -0.1) is 0 Å². The molecule has 7 nitrogen and oxygen atoms in total. The fourth-order valence-corrected chi connectivity index (χ4v) is 4.55. The lowest BCUT2D eigenvalue weighted by molar-refractivity contribution is 0.0734. The van der Waals surface area contributed by atoms with Crippen LogP contribution in [-0.4, -0.2) is 48.6 Å². The fraction of sp³-hybridized carbons (Fsp3) is 0.320. The Hall–Kier alpha value is -3.61. The van der Waals surface area contributed by atoms with Crippen molar-refractivity contribution in [2.45, 2.75) is 38.8 Å². The Morgan fingerprint density at radius 2 is 1.94 bits per heavy atom. The summed E-state index contributed by atoms with van der Waals surface area (Å²) in [6.07, 6.45) is 12.1. The predicted octanol–water partition coefficient (Wildman–Crippen LogP) is 4.20. The zero-order valence-electron chi connectivity index (χ0n) is 18.3. The van der Waals surface area contributed by atoms with Crippen LogP contribution in [0.1, 0.15) is 42.1 Å². The first kappa shape index (κ1) is 20.3. The average Bonchev–Trinajstić information content (AvgIpc) is 3.45. The summed E-state index contributed by atoms with van der Waals surface area (Å²) in [4.78, 5) is 28.9. The van der Waals surface area contributed by atoms with Crippen LogP contribution in [0.3, 0.4) is 0 Å². The molecular formula is C25H26N6O. The van der Waals surface area contributed by atoms with E-state index in [0.29, 0.717) is 23.7 Å². The number of pyridine rings is 3. The summed E-state index contributed by atoms with van der Waals surface area (Å²) in [5.74, 6) is 0.670. The lowest BCUT2D eigenvalue weighted by Gasteiger charge is -2.25. The number of carbonyl (C=O) groups excluding carboxylic acids is 1. The third kappa shape index (κ3) is 3.86. The second-order valence-electron chi connectivity index (χ2n) is 8.69. The third-order valence-corrected chi connectivity index (χ3v) is 6.39. The van der Waals surface area contributed by atoms with Crippen molar-refractivity contribution in [3.63, 3.8) is 0 Å². The molecule has 0 bridgehead atoms. The molecule has 2 unspecified atom stereocenters. The number of rotatable bonds is 5. The van der Waals surface area contributed by atoms with Crippen LogP contribution in [0, 0.1) is 5.92 Å². The average molecular weight is 427 g/mol. The van der Waals surface area contributed by atoms with Crippen LogP contribution in [-0.2, 0) is 6.54 Å². The van der Waals surface area contributed by atoms with Gasteiger partial charge in [0.2, 0.25) is 0 Å². The van der Waals surface area contributed by atoms with Crippen molar-refractivity contribution in [1.82, 2.24) is 29.6 Å². The van der Waals surface area contributed by atoms with E-state index in [1.165, 1.54) is 0 Å². The van der Waals surface area contributed by atoms with E-state index in [1.54, 1.807) is 24.8 Å². The van der Waals surface area contributed by atoms with Crippen molar-refractivity contribution in [3.05, 3.63) is 72.4 Å². The van der Waals surface area contributed by atoms with E-state index in [9.17, 15) is 4.79 Å². The highest BCUT2D eigenvalue weighted by Crippen LogP contribution is 2.31. The second-order valence-corrected chi connectivity index (χ2v) is 8.69. The van der Waals surface area contributed by atoms with Gasteiger partial charge in [0.25, 0.3) is 5.91 Å². The molecule has 4 aromatic heterocycles. The number of nitrogens with zero attached hydrogens (tertiary/aromatic N) is 6. The van der Waals surface area contributed by atoms with Gasteiger partial charge in [-0.05, 0) is 55.0 Å². The van der Waals surface area contributed by atoms with Gasteiger partial charge in [0.15, 0.2) is 5.65 Å². The summed E-state index contributed by atoms with van der Waals surface area (Å²) in [6, 6.07) is 9.90. The van der Waals surface area contributed by atoms with Crippen LogP contribution in [0.4, 0.5) is 0 Å². The highest BCUT2D eigenvalue weighted by molar-refractivity contribution is 6.06. The molecule has 32 heavy (non-hydrogen) atoms. The molecule has 4 aromatic rings. The Morgan fingerprint density at radius 3 is 2.62 bits per heavy atom.